The van der Waals surface area contributed by atoms with Crippen molar-refractivity contribution in [3.05, 3.63) is 81.6 Å². The van der Waals surface area contributed by atoms with Gasteiger partial charge in [0.25, 0.3) is 5.91 Å². The molecule has 5 rings (SSSR count). The molecule has 1 amide bonds. The van der Waals surface area contributed by atoms with Crippen molar-refractivity contribution >= 4 is 27.5 Å². The predicted molar refractivity (Wildman–Crippen MR) is 120 cm³/mol. The summed E-state index contributed by atoms with van der Waals surface area (Å²) >= 11 is 3.47. The summed E-state index contributed by atoms with van der Waals surface area (Å²) in [6.45, 7) is 5.83. The van der Waals surface area contributed by atoms with Crippen LogP contribution in [0.2, 0.25) is 0 Å². The zero-order valence-corrected chi connectivity index (χ0v) is 18.3. The summed E-state index contributed by atoms with van der Waals surface area (Å²) in [6.07, 6.45) is 3.95. The van der Waals surface area contributed by atoms with Crippen LogP contribution in [-0.2, 0) is 5.54 Å². The van der Waals surface area contributed by atoms with Gasteiger partial charge in [-0.1, -0.05) is 28.1 Å². The van der Waals surface area contributed by atoms with E-state index in [2.05, 4.69) is 70.1 Å². The van der Waals surface area contributed by atoms with Crippen LogP contribution in [0.4, 0.5) is 5.69 Å². The fraction of sp³-hybridized carbons (Fsp3) is 0.292. The number of amides is 1. The molecule has 0 bridgehead atoms. The van der Waals surface area contributed by atoms with Gasteiger partial charge in [-0.05, 0) is 74.2 Å². The lowest BCUT2D eigenvalue weighted by molar-refractivity contribution is 0.0676. The Kier molecular flexibility index (Phi) is 4.32. The summed E-state index contributed by atoms with van der Waals surface area (Å²) in [5, 5.41) is 3.86. The van der Waals surface area contributed by atoms with Crippen LogP contribution < -0.4 is 5.32 Å². The topological polar surface area (TPSA) is 37.3 Å². The molecule has 0 aliphatic carbocycles. The Bertz CT molecular complexity index is 1110. The van der Waals surface area contributed by atoms with Crippen molar-refractivity contribution in [1.29, 1.82) is 0 Å². The summed E-state index contributed by atoms with van der Waals surface area (Å²) in [7, 11) is 0. The van der Waals surface area contributed by atoms with E-state index in [0.717, 1.165) is 36.0 Å². The first kappa shape index (κ1) is 18.5. The van der Waals surface area contributed by atoms with Gasteiger partial charge in [-0.2, -0.15) is 0 Å². The minimum Gasteiger partial charge on any atom is -0.372 e. The molecule has 1 spiro atoms. The number of likely N-dealkylation sites (tertiary alicyclic amines) is 1. The summed E-state index contributed by atoms with van der Waals surface area (Å²) < 4.78 is 3.28. The molecule has 1 N–H and O–H groups in total. The number of rotatable bonds is 1. The lowest BCUT2D eigenvalue weighted by Crippen LogP contribution is -2.51. The van der Waals surface area contributed by atoms with Crippen LogP contribution in [0.15, 0.2) is 59.2 Å². The lowest BCUT2D eigenvalue weighted by Gasteiger charge is -2.46. The standard InChI is InChI=1S/C24H24BrN3O/c1-16-8-9-20-22(17(16)2)28-12-4-7-21(28)24(26-20)10-13-27(14-11-24)23(29)18-5-3-6-19(25)15-18/h3-9,12,15,26H,10-11,13-14H2,1-2H3. The first-order valence-corrected chi connectivity index (χ1v) is 10.9. The number of carbonyl (C=O) groups excluding carboxylic acids is 1. The molecule has 0 atom stereocenters. The Balaban J connectivity index is 1.44. The van der Waals surface area contributed by atoms with Crippen LogP contribution in [0.3, 0.4) is 0 Å². The fourth-order valence-electron chi connectivity index (χ4n) is 4.78. The third-order valence-electron chi connectivity index (χ3n) is 6.53. The van der Waals surface area contributed by atoms with Crippen LogP contribution in [0.5, 0.6) is 0 Å². The maximum absolute atomic E-state index is 13.0. The number of anilines is 1. The number of hydrogen-bond donors (Lipinski definition) is 1. The number of carbonyl (C=O) groups is 1. The van der Waals surface area contributed by atoms with E-state index < -0.39 is 0 Å². The molecule has 2 aliphatic heterocycles. The van der Waals surface area contributed by atoms with E-state index in [1.807, 2.05) is 29.2 Å². The van der Waals surface area contributed by atoms with E-state index in [4.69, 9.17) is 0 Å². The zero-order chi connectivity index (χ0) is 20.2. The summed E-state index contributed by atoms with van der Waals surface area (Å²) in [5.41, 5.74) is 6.96. The zero-order valence-electron chi connectivity index (χ0n) is 16.7. The van der Waals surface area contributed by atoms with Crippen molar-refractivity contribution in [2.75, 3.05) is 18.4 Å². The average molecular weight is 450 g/mol. The highest BCUT2D eigenvalue weighted by Crippen LogP contribution is 2.44. The third-order valence-corrected chi connectivity index (χ3v) is 7.02. The molecule has 4 nitrogen and oxygen atoms in total. The van der Waals surface area contributed by atoms with E-state index in [1.165, 1.54) is 28.2 Å². The van der Waals surface area contributed by atoms with Gasteiger partial charge in [0.05, 0.1) is 16.9 Å². The third kappa shape index (κ3) is 2.91. The van der Waals surface area contributed by atoms with Gasteiger partial charge in [-0.15, -0.1) is 0 Å². The van der Waals surface area contributed by atoms with Gasteiger partial charge in [-0.25, -0.2) is 0 Å². The highest BCUT2D eigenvalue weighted by molar-refractivity contribution is 9.10. The summed E-state index contributed by atoms with van der Waals surface area (Å²) in [5.74, 6) is 0.110. The number of hydrogen-bond acceptors (Lipinski definition) is 2. The minimum absolute atomic E-state index is 0.110. The molecular formula is C24H24BrN3O. The monoisotopic (exact) mass is 449 g/mol. The lowest BCUT2D eigenvalue weighted by atomic mass is 9.81. The molecule has 0 saturated carbocycles. The fourth-order valence-corrected chi connectivity index (χ4v) is 5.18. The Morgan fingerprint density at radius 1 is 1.07 bits per heavy atom. The second-order valence-electron chi connectivity index (χ2n) is 8.18. The van der Waals surface area contributed by atoms with Crippen LogP contribution in [-0.4, -0.2) is 28.5 Å². The van der Waals surface area contributed by atoms with Gasteiger partial charge in [0.2, 0.25) is 0 Å². The van der Waals surface area contributed by atoms with Gasteiger partial charge in [-0.3, -0.25) is 4.79 Å². The Hall–Kier alpha value is -2.53. The molecule has 1 fully saturated rings. The molecule has 29 heavy (non-hydrogen) atoms. The first-order chi connectivity index (χ1) is 14.0. The molecule has 1 aromatic heterocycles. The van der Waals surface area contributed by atoms with Crippen LogP contribution in [0.25, 0.3) is 5.69 Å². The van der Waals surface area contributed by atoms with Gasteiger partial charge in [0.15, 0.2) is 0 Å². The van der Waals surface area contributed by atoms with E-state index in [-0.39, 0.29) is 11.4 Å². The first-order valence-electron chi connectivity index (χ1n) is 10.1. The largest absolute Gasteiger partial charge is 0.372 e. The summed E-state index contributed by atoms with van der Waals surface area (Å²) in [6, 6.07) is 16.4. The molecular weight excluding hydrogens is 426 g/mol. The average Bonchev–Trinajstić information content (AvgIpc) is 3.22. The van der Waals surface area contributed by atoms with E-state index >= 15 is 0 Å². The number of fused-ring (bicyclic) bond motifs is 4. The Labute approximate surface area is 179 Å². The van der Waals surface area contributed by atoms with Crippen molar-refractivity contribution in [1.82, 2.24) is 9.47 Å². The van der Waals surface area contributed by atoms with Gasteiger partial charge in [0.1, 0.15) is 0 Å². The number of aromatic nitrogens is 1. The Morgan fingerprint density at radius 2 is 1.86 bits per heavy atom. The Morgan fingerprint density at radius 3 is 2.62 bits per heavy atom. The van der Waals surface area contributed by atoms with Gasteiger partial charge >= 0.3 is 0 Å². The van der Waals surface area contributed by atoms with Crippen molar-refractivity contribution in [2.24, 2.45) is 0 Å². The highest BCUT2D eigenvalue weighted by atomic mass is 79.9. The number of benzene rings is 2. The van der Waals surface area contributed by atoms with E-state index in [1.54, 1.807) is 0 Å². The number of piperidine rings is 1. The van der Waals surface area contributed by atoms with Crippen molar-refractivity contribution in [3.8, 4) is 5.69 Å². The number of aryl methyl sites for hydroxylation is 1. The maximum Gasteiger partial charge on any atom is 0.253 e. The number of nitrogens with zero attached hydrogens (tertiary/aromatic N) is 2. The molecule has 2 aromatic carbocycles. The van der Waals surface area contributed by atoms with E-state index in [9.17, 15) is 4.79 Å². The van der Waals surface area contributed by atoms with Crippen molar-refractivity contribution in [2.45, 2.75) is 32.2 Å². The normalized spacial score (nSPS) is 16.9. The molecule has 0 unspecified atom stereocenters. The molecule has 148 valence electrons. The number of halogens is 1. The minimum atomic E-state index is -0.133. The van der Waals surface area contributed by atoms with E-state index in [0.29, 0.717) is 0 Å². The molecule has 5 heteroatoms. The van der Waals surface area contributed by atoms with Crippen molar-refractivity contribution in [3.63, 3.8) is 0 Å². The highest BCUT2D eigenvalue weighted by Gasteiger charge is 2.42. The molecule has 0 radical (unpaired) electrons. The van der Waals surface area contributed by atoms with Gasteiger partial charge in [0, 0.05) is 35.0 Å². The summed E-state index contributed by atoms with van der Waals surface area (Å²) in [4.78, 5) is 15.0. The van der Waals surface area contributed by atoms with Crippen LogP contribution in [0.1, 0.15) is 40.0 Å². The molecule has 3 heterocycles. The van der Waals surface area contributed by atoms with Crippen molar-refractivity contribution < 1.29 is 4.79 Å². The van der Waals surface area contributed by atoms with Gasteiger partial charge < -0.3 is 14.8 Å². The second-order valence-corrected chi connectivity index (χ2v) is 9.09. The SMILES string of the molecule is Cc1ccc2c(c1C)-n1cccc1C1(CCN(C(=O)c3cccc(Br)c3)CC1)N2. The maximum atomic E-state index is 13.0. The molecule has 2 aliphatic rings. The predicted octanol–water partition coefficient (Wildman–Crippen LogP) is 5.41. The number of nitrogens with one attached hydrogen (secondary N) is 1. The van der Waals surface area contributed by atoms with Crippen LogP contribution in [0, 0.1) is 13.8 Å². The smallest absolute Gasteiger partial charge is 0.253 e. The van der Waals surface area contributed by atoms with Crippen LogP contribution >= 0.6 is 15.9 Å². The quantitative estimate of drug-likeness (QED) is 0.538. The molecule has 3 aromatic rings. The molecule has 1 saturated heterocycles. The second kappa shape index (κ2) is 6.77.